The van der Waals surface area contributed by atoms with Gasteiger partial charge >= 0.3 is 0 Å². The summed E-state index contributed by atoms with van der Waals surface area (Å²) >= 11 is 0. The van der Waals surface area contributed by atoms with Crippen molar-refractivity contribution in [1.82, 2.24) is 19.6 Å². The molecular weight excluding hydrogens is 360 g/mol. The molecule has 160 valence electrons. The van der Waals surface area contributed by atoms with Crippen LogP contribution in [0.2, 0.25) is 0 Å². The zero-order valence-corrected chi connectivity index (χ0v) is 18.4. The van der Waals surface area contributed by atoms with Crippen molar-refractivity contribution in [2.24, 2.45) is 5.92 Å². The first-order valence-electron chi connectivity index (χ1n) is 11.6. The van der Waals surface area contributed by atoms with E-state index in [1.165, 1.54) is 58.3 Å². The maximum atomic E-state index is 9.57. The van der Waals surface area contributed by atoms with Gasteiger partial charge in [0.25, 0.3) is 0 Å². The van der Waals surface area contributed by atoms with Gasteiger partial charge in [-0.2, -0.15) is 10.5 Å². The maximum Gasteiger partial charge on any atom is 0.169 e. The van der Waals surface area contributed by atoms with Crippen LogP contribution in [-0.4, -0.2) is 85.0 Å². The molecule has 0 aromatic rings. The molecule has 3 aliphatic rings. The van der Waals surface area contributed by atoms with Crippen molar-refractivity contribution in [3.8, 4) is 12.1 Å². The third kappa shape index (κ3) is 5.87. The molecule has 1 unspecified atom stereocenters. The van der Waals surface area contributed by atoms with Gasteiger partial charge in [0.1, 0.15) is 18.0 Å². The number of allylic oxidation sites excluding steroid dienone is 1. The molecule has 0 bridgehead atoms. The van der Waals surface area contributed by atoms with Gasteiger partial charge in [0.15, 0.2) is 5.57 Å². The van der Waals surface area contributed by atoms with Crippen molar-refractivity contribution >= 4 is 0 Å². The van der Waals surface area contributed by atoms with Crippen molar-refractivity contribution < 1.29 is 0 Å². The number of nitrogens with zero attached hydrogens (tertiary/aromatic N) is 6. The summed E-state index contributed by atoms with van der Waals surface area (Å²) in [6.07, 6.45) is 8.94. The number of rotatable bonds is 7. The van der Waals surface area contributed by atoms with Crippen molar-refractivity contribution in [2.75, 3.05) is 59.4 Å². The molecule has 6 heteroatoms. The second-order valence-corrected chi connectivity index (χ2v) is 9.16. The van der Waals surface area contributed by atoms with E-state index in [0.29, 0.717) is 6.04 Å². The lowest BCUT2D eigenvalue weighted by Gasteiger charge is -2.40. The average molecular weight is 399 g/mol. The van der Waals surface area contributed by atoms with Gasteiger partial charge in [0.05, 0.1) is 0 Å². The predicted molar refractivity (Wildman–Crippen MR) is 116 cm³/mol. The van der Waals surface area contributed by atoms with E-state index < -0.39 is 0 Å². The Balaban J connectivity index is 1.57. The monoisotopic (exact) mass is 398 g/mol. The van der Waals surface area contributed by atoms with Crippen LogP contribution in [0, 0.1) is 28.6 Å². The van der Waals surface area contributed by atoms with E-state index in [4.69, 9.17) is 0 Å². The molecule has 3 aliphatic heterocycles. The molecule has 0 amide bonds. The normalized spacial score (nSPS) is 24.1. The molecule has 0 radical (unpaired) electrons. The first-order chi connectivity index (χ1) is 14.1. The summed E-state index contributed by atoms with van der Waals surface area (Å²) in [5.74, 6) is 1.59. The summed E-state index contributed by atoms with van der Waals surface area (Å²) in [7, 11) is 2.05. The molecule has 1 atom stereocenters. The minimum absolute atomic E-state index is 0.261. The molecule has 0 aromatic carbocycles. The highest BCUT2D eigenvalue weighted by atomic mass is 15.3. The zero-order valence-electron chi connectivity index (χ0n) is 18.4. The largest absolute Gasteiger partial charge is 0.358 e. The van der Waals surface area contributed by atoms with E-state index in [1.807, 2.05) is 7.05 Å². The van der Waals surface area contributed by atoms with Crippen molar-refractivity contribution in [3.63, 3.8) is 0 Å². The fourth-order valence-electron chi connectivity index (χ4n) is 5.26. The molecule has 3 fully saturated rings. The van der Waals surface area contributed by atoms with Crippen LogP contribution in [0.1, 0.15) is 51.9 Å². The molecule has 0 saturated carbocycles. The Bertz CT molecular complexity index is 615. The predicted octanol–water partition coefficient (Wildman–Crippen LogP) is 2.86. The Morgan fingerprint density at radius 1 is 0.931 bits per heavy atom. The fraction of sp³-hybridized carbons (Fsp3) is 0.826. The molecule has 29 heavy (non-hydrogen) atoms. The summed E-state index contributed by atoms with van der Waals surface area (Å²) in [6.45, 7) is 11.0. The topological polar surface area (TPSA) is 60.5 Å². The van der Waals surface area contributed by atoms with Crippen LogP contribution in [0.3, 0.4) is 0 Å². The second-order valence-electron chi connectivity index (χ2n) is 9.16. The standard InChI is InChI=1S/C23H38N6/c1-20-7-6-12-28(20)16-15-26(2)23(22(17-24)18-25)29-13-8-21(9-14-29)19-27-10-4-3-5-11-27/h20-21H,3-16,19H2,1-2H3. The van der Waals surface area contributed by atoms with Crippen LogP contribution >= 0.6 is 0 Å². The van der Waals surface area contributed by atoms with Gasteiger partial charge in [0, 0.05) is 45.8 Å². The van der Waals surface area contributed by atoms with E-state index in [-0.39, 0.29) is 5.57 Å². The number of piperidine rings is 2. The number of hydrogen-bond donors (Lipinski definition) is 0. The number of likely N-dealkylation sites (N-methyl/N-ethyl adjacent to an activating group) is 1. The van der Waals surface area contributed by atoms with Crippen LogP contribution in [-0.2, 0) is 0 Å². The van der Waals surface area contributed by atoms with Crippen molar-refractivity contribution in [1.29, 1.82) is 10.5 Å². The third-order valence-electron chi connectivity index (χ3n) is 7.10. The summed E-state index contributed by atoms with van der Waals surface area (Å²) in [5, 5.41) is 19.1. The highest BCUT2D eigenvalue weighted by molar-refractivity contribution is 5.39. The van der Waals surface area contributed by atoms with Crippen LogP contribution in [0.15, 0.2) is 11.4 Å². The molecular formula is C23H38N6. The van der Waals surface area contributed by atoms with Gasteiger partial charge in [0.2, 0.25) is 0 Å². The smallest absolute Gasteiger partial charge is 0.169 e. The Labute approximate surface area is 177 Å². The minimum atomic E-state index is 0.261. The molecule has 3 rings (SSSR count). The van der Waals surface area contributed by atoms with Gasteiger partial charge in [-0.1, -0.05) is 6.42 Å². The highest BCUT2D eigenvalue weighted by Gasteiger charge is 2.27. The lowest BCUT2D eigenvalue weighted by atomic mass is 9.95. The summed E-state index contributed by atoms with van der Waals surface area (Å²) in [6, 6.07) is 4.96. The molecule has 0 N–H and O–H groups in total. The van der Waals surface area contributed by atoms with E-state index in [0.717, 1.165) is 50.8 Å². The van der Waals surface area contributed by atoms with Gasteiger partial charge in [-0.3, -0.25) is 4.90 Å². The molecule has 0 aromatic heterocycles. The Morgan fingerprint density at radius 2 is 1.62 bits per heavy atom. The summed E-state index contributed by atoms with van der Waals surface area (Å²) in [4.78, 5) is 9.61. The Hall–Kier alpha value is -1.76. The van der Waals surface area contributed by atoms with Crippen LogP contribution in [0.4, 0.5) is 0 Å². The zero-order chi connectivity index (χ0) is 20.6. The Kier molecular flexibility index (Phi) is 8.21. The number of hydrogen-bond acceptors (Lipinski definition) is 6. The third-order valence-corrected chi connectivity index (χ3v) is 7.10. The van der Waals surface area contributed by atoms with Crippen LogP contribution in [0.25, 0.3) is 0 Å². The lowest BCUT2D eigenvalue weighted by molar-refractivity contribution is 0.125. The molecule has 6 nitrogen and oxygen atoms in total. The van der Waals surface area contributed by atoms with Gasteiger partial charge in [-0.25, -0.2) is 0 Å². The minimum Gasteiger partial charge on any atom is -0.358 e. The number of likely N-dealkylation sites (tertiary alicyclic amines) is 3. The second kappa shape index (κ2) is 10.9. The van der Waals surface area contributed by atoms with Gasteiger partial charge < -0.3 is 14.7 Å². The van der Waals surface area contributed by atoms with Crippen molar-refractivity contribution in [2.45, 2.75) is 57.9 Å². The number of nitriles is 2. The first kappa shape index (κ1) is 21.9. The van der Waals surface area contributed by atoms with E-state index in [2.05, 4.69) is 38.7 Å². The van der Waals surface area contributed by atoms with E-state index in [1.54, 1.807) is 0 Å². The van der Waals surface area contributed by atoms with Crippen LogP contribution < -0.4 is 0 Å². The maximum absolute atomic E-state index is 9.57. The van der Waals surface area contributed by atoms with Crippen molar-refractivity contribution in [3.05, 3.63) is 11.4 Å². The lowest BCUT2D eigenvalue weighted by Crippen LogP contribution is -2.44. The van der Waals surface area contributed by atoms with E-state index >= 15 is 0 Å². The Morgan fingerprint density at radius 3 is 2.21 bits per heavy atom. The van der Waals surface area contributed by atoms with Crippen LogP contribution in [0.5, 0.6) is 0 Å². The highest BCUT2D eigenvalue weighted by Crippen LogP contribution is 2.25. The van der Waals surface area contributed by atoms with Gasteiger partial charge in [-0.15, -0.1) is 0 Å². The first-order valence-corrected chi connectivity index (χ1v) is 11.6. The molecule has 0 aliphatic carbocycles. The summed E-state index contributed by atoms with van der Waals surface area (Å²) in [5.41, 5.74) is 0.261. The quantitative estimate of drug-likeness (QED) is 0.615. The molecule has 3 saturated heterocycles. The van der Waals surface area contributed by atoms with E-state index in [9.17, 15) is 10.5 Å². The van der Waals surface area contributed by atoms with Gasteiger partial charge in [-0.05, 0) is 71.0 Å². The average Bonchev–Trinajstić information content (AvgIpc) is 3.16. The summed E-state index contributed by atoms with van der Waals surface area (Å²) < 4.78 is 0. The molecule has 3 heterocycles. The fourth-order valence-corrected chi connectivity index (χ4v) is 5.26. The SMILES string of the molecule is CC1CCCN1CCN(C)C(=C(C#N)C#N)N1CCC(CN2CCCCC2)CC1. The molecule has 0 spiro atoms.